The summed E-state index contributed by atoms with van der Waals surface area (Å²) in [6.45, 7) is 9.02. The highest BCUT2D eigenvalue weighted by molar-refractivity contribution is 7.22. The molecular weight excluding hydrogens is 377 g/mol. The smallest absolute Gasteiger partial charge is 0.225 e. The van der Waals surface area contributed by atoms with E-state index in [1.807, 2.05) is 25.7 Å². The lowest BCUT2D eigenvalue weighted by molar-refractivity contribution is -0.134. The van der Waals surface area contributed by atoms with Crippen molar-refractivity contribution in [1.29, 1.82) is 0 Å². The van der Waals surface area contributed by atoms with Crippen LogP contribution in [-0.2, 0) is 4.79 Å². The van der Waals surface area contributed by atoms with Crippen LogP contribution < -0.4 is 4.90 Å². The van der Waals surface area contributed by atoms with Gasteiger partial charge < -0.3 is 9.80 Å². The van der Waals surface area contributed by atoms with Crippen molar-refractivity contribution in [3.8, 4) is 5.69 Å². The molecule has 28 heavy (non-hydrogen) atoms. The molecule has 0 unspecified atom stereocenters. The summed E-state index contributed by atoms with van der Waals surface area (Å²) in [5.41, 5.74) is 2.50. The topological polar surface area (TPSA) is 54.3 Å². The predicted molar refractivity (Wildman–Crippen MR) is 110 cm³/mol. The Morgan fingerprint density at radius 1 is 1.14 bits per heavy atom. The van der Waals surface area contributed by atoms with Gasteiger partial charge in [-0.3, -0.25) is 4.79 Å². The fourth-order valence-electron chi connectivity index (χ4n) is 3.51. The number of hydrogen-bond donors (Lipinski definition) is 0. The van der Waals surface area contributed by atoms with Crippen LogP contribution in [0.4, 0.5) is 9.52 Å². The number of hydrogen-bond acceptors (Lipinski definition) is 5. The molecule has 1 aromatic carbocycles. The van der Waals surface area contributed by atoms with Gasteiger partial charge >= 0.3 is 0 Å². The Labute approximate surface area is 167 Å². The first kappa shape index (κ1) is 18.9. The Hall–Kier alpha value is -2.48. The normalized spacial score (nSPS) is 15.5. The molecule has 1 aliphatic heterocycles. The summed E-state index contributed by atoms with van der Waals surface area (Å²) in [7, 11) is 0. The fraction of sp³-hybridized carbons (Fsp3) is 0.450. The Bertz CT molecular complexity index is 994. The van der Waals surface area contributed by atoms with Gasteiger partial charge in [-0.25, -0.2) is 9.07 Å². The SMILES string of the molecule is Cc1nn(-c2ccc(F)cc2)c2nc(N3CCCN(C(=O)C(C)C)CC3)sc12. The van der Waals surface area contributed by atoms with Crippen LogP contribution in [0.2, 0.25) is 0 Å². The molecular formula is C20H24FN5OS. The average Bonchev–Trinajstić information content (AvgIpc) is 3.13. The van der Waals surface area contributed by atoms with Crippen LogP contribution in [0.15, 0.2) is 24.3 Å². The molecule has 3 heterocycles. The second kappa shape index (κ2) is 7.50. The first-order chi connectivity index (χ1) is 13.4. The zero-order chi connectivity index (χ0) is 19.8. The highest BCUT2D eigenvalue weighted by Crippen LogP contribution is 2.33. The Morgan fingerprint density at radius 2 is 1.89 bits per heavy atom. The molecule has 1 amide bonds. The van der Waals surface area contributed by atoms with Gasteiger partial charge in [0.25, 0.3) is 0 Å². The summed E-state index contributed by atoms with van der Waals surface area (Å²) < 4.78 is 16.1. The molecule has 0 atom stereocenters. The van der Waals surface area contributed by atoms with Gasteiger partial charge in [0.2, 0.25) is 5.91 Å². The molecule has 6 nitrogen and oxygen atoms in total. The Kier molecular flexibility index (Phi) is 5.05. The van der Waals surface area contributed by atoms with Gasteiger partial charge in [0.1, 0.15) is 5.82 Å². The zero-order valence-electron chi connectivity index (χ0n) is 16.4. The molecule has 1 aliphatic rings. The van der Waals surface area contributed by atoms with Crippen molar-refractivity contribution in [2.45, 2.75) is 27.2 Å². The van der Waals surface area contributed by atoms with E-state index in [0.717, 1.165) is 59.5 Å². The third kappa shape index (κ3) is 3.48. The molecule has 0 radical (unpaired) electrons. The van der Waals surface area contributed by atoms with E-state index in [0.29, 0.717) is 0 Å². The monoisotopic (exact) mass is 401 g/mol. The van der Waals surface area contributed by atoms with E-state index in [4.69, 9.17) is 4.98 Å². The van der Waals surface area contributed by atoms with Gasteiger partial charge in [0, 0.05) is 32.1 Å². The maximum absolute atomic E-state index is 13.3. The molecule has 8 heteroatoms. The first-order valence-electron chi connectivity index (χ1n) is 9.60. The second-order valence-electron chi connectivity index (χ2n) is 7.44. The summed E-state index contributed by atoms with van der Waals surface area (Å²) in [5.74, 6) is -0.0276. The lowest BCUT2D eigenvalue weighted by atomic mass is 10.2. The maximum Gasteiger partial charge on any atom is 0.225 e. The Morgan fingerprint density at radius 3 is 2.61 bits per heavy atom. The molecule has 0 spiro atoms. The van der Waals surface area contributed by atoms with E-state index in [2.05, 4.69) is 10.00 Å². The minimum absolute atomic E-state index is 0.0262. The number of fused-ring (bicyclic) bond motifs is 1. The summed E-state index contributed by atoms with van der Waals surface area (Å²) in [5, 5.41) is 5.53. The highest BCUT2D eigenvalue weighted by Gasteiger charge is 2.24. The third-order valence-electron chi connectivity index (χ3n) is 5.02. The number of nitrogens with zero attached hydrogens (tertiary/aromatic N) is 5. The van der Waals surface area contributed by atoms with Crippen molar-refractivity contribution in [3.63, 3.8) is 0 Å². The number of aryl methyl sites for hydroxylation is 1. The quantitative estimate of drug-likeness (QED) is 0.673. The zero-order valence-corrected chi connectivity index (χ0v) is 17.2. The number of rotatable bonds is 3. The molecule has 1 fully saturated rings. The summed E-state index contributed by atoms with van der Waals surface area (Å²) >= 11 is 1.63. The van der Waals surface area contributed by atoms with Gasteiger partial charge in [-0.05, 0) is 37.6 Å². The van der Waals surface area contributed by atoms with Gasteiger partial charge in [-0.15, -0.1) is 0 Å². The minimum atomic E-state index is -0.270. The van der Waals surface area contributed by atoms with Crippen molar-refractivity contribution in [2.75, 3.05) is 31.1 Å². The van der Waals surface area contributed by atoms with Crippen LogP contribution in [0.1, 0.15) is 26.0 Å². The predicted octanol–water partition coefficient (Wildman–Crippen LogP) is 3.62. The number of aromatic nitrogens is 3. The largest absolute Gasteiger partial charge is 0.346 e. The van der Waals surface area contributed by atoms with Gasteiger partial charge in [-0.1, -0.05) is 25.2 Å². The fourth-order valence-corrected chi connectivity index (χ4v) is 4.55. The number of anilines is 1. The molecule has 148 valence electrons. The van der Waals surface area contributed by atoms with Crippen molar-refractivity contribution >= 4 is 32.7 Å². The van der Waals surface area contributed by atoms with Crippen molar-refractivity contribution in [1.82, 2.24) is 19.7 Å². The molecule has 0 saturated carbocycles. The molecule has 0 bridgehead atoms. The van der Waals surface area contributed by atoms with Crippen LogP contribution in [0.3, 0.4) is 0 Å². The molecule has 4 rings (SSSR count). The van der Waals surface area contributed by atoms with Gasteiger partial charge in [0.05, 0.1) is 16.1 Å². The second-order valence-corrected chi connectivity index (χ2v) is 8.42. The van der Waals surface area contributed by atoms with Crippen molar-refractivity contribution in [3.05, 3.63) is 35.8 Å². The summed E-state index contributed by atoms with van der Waals surface area (Å²) in [6, 6.07) is 6.28. The molecule has 0 N–H and O–H groups in total. The highest BCUT2D eigenvalue weighted by atomic mass is 32.1. The number of thiazole rings is 1. The van der Waals surface area contributed by atoms with Crippen LogP contribution in [0.25, 0.3) is 16.0 Å². The van der Waals surface area contributed by atoms with Crippen LogP contribution in [-0.4, -0.2) is 51.8 Å². The van der Waals surface area contributed by atoms with E-state index >= 15 is 0 Å². The van der Waals surface area contributed by atoms with Crippen LogP contribution >= 0.6 is 11.3 Å². The average molecular weight is 402 g/mol. The van der Waals surface area contributed by atoms with Crippen LogP contribution in [0.5, 0.6) is 0 Å². The number of benzene rings is 1. The first-order valence-corrected chi connectivity index (χ1v) is 10.4. The molecule has 3 aromatic rings. The minimum Gasteiger partial charge on any atom is -0.346 e. The molecule has 0 aliphatic carbocycles. The van der Waals surface area contributed by atoms with E-state index < -0.39 is 0 Å². The number of carbonyl (C=O) groups excluding carboxylic acids is 1. The summed E-state index contributed by atoms with van der Waals surface area (Å²) in [4.78, 5) is 21.4. The maximum atomic E-state index is 13.3. The summed E-state index contributed by atoms with van der Waals surface area (Å²) in [6.07, 6.45) is 0.928. The lowest BCUT2D eigenvalue weighted by Gasteiger charge is -2.23. The lowest BCUT2D eigenvalue weighted by Crippen LogP contribution is -2.37. The number of amides is 1. The molecule has 1 saturated heterocycles. The van der Waals surface area contributed by atoms with E-state index in [9.17, 15) is 9.18 Å². The van der Waals surface area contributed by atoms with E-state index in [-0.39, 0.29) is 17.6 Å². The number of carbonyl (C=O) groups is 1. The molecule has 2 aromatic heterocycles. The third-order valence-corrected chi connectivity index (χ3v) is 6.23. The number of halogens is 1. The van der Waals surface area contributed by atoms with Crippen LogP contribution in [0, 0.1) is 18.7 Å². The van der Waals surface area contributed by atoms with E-state index in [1.54, 1.807) is 28.2 Å². The Balaban J connectivity index is 1.61. The van der Waals surface area contributed by atoms with Crippen molar-refractivity contribution < 1.29 is 9.18 Å². The van der Waals surface area contributed by atoms with E-state index in [1.165, 1.54) is 12.1 Å². The van der Waals surface area contributed by atoms with Gasteiger partial charge in [-0.2, -0.15) is 10.1 Å². The van der Waals surface area contributed by atoms with Crippen molar-refractivity contribution in [2.24, 2.45) is 5.92 Å². The van der Waals surface area contributed by atoms with Gasteiger partial charge in [0.15, 0.2) is 10.8 Å². The standard InChI is InChI=1S/C20H24FN5OS/c1-13(2)19(27)24-9-4-10-25(12-11-24)20-22-18-17(28-20)14(3)23-26(18)16-7-5-15(21)6-8-16/h5-8,13H,4,9-12H2,1-3H3.